The van der Waals surface area contributed by atoms with E-state index in [1.807, 2.05) is 30.3 Å². The van der Waals surface area contributed by atoms with Crippen molar-refractivity contribution in [3.63, 3.8) is 0 Å². The second-order valence-corrected chi connectivity index (χ2v) is 8.53. The van der Waals surface area contributed by atoms with E-state index in [0.717, 1.165) is 25.0 Å². The lowest BCUT2D eigenvalue weighted by molar-refractivity contribution is -0.137. The summed E-state index contributed by atoms with van der Waals surface area (Å²) in [6, 6.07) is 14.3. The summed E-state index contributed by atoms with van der Waals surface area (Å²) < 4.78 is 25.4. The number of halogens is 1. The van der Waals surface area contributed by atoms with Gasteiger partial charge in [-0.15, -0.1) is 0 Å². The van der Waals surface area contributed by atoms with Crippen LogP contribution in [-0.2, 0) is 27.3 Å². The molecule has 3 rings (SSSR count). The average molecular weight is 457 g/mol. The third-order valence-electron chi connectivity index (χ3n) is 5.72. The summed E-state index contributed by atoms with van der Waals surface area (Å²) in [6.07, 6.45) is 2.78. The summed E-state index contributed by atoms with van der Waals surface area (Å²) in [4.78, 5) is 28.1. The van der Waals surface area contributed by atoms with Crippen molar-refractivity contribution < 1.29 is 23.5 Å². The summed E-state index contributed by atoms with van der Waals surface area (Å²) in [5.41, 5.74) is 1.55. The number of carbonyl (C=O) groups excluding carboxylic acids is 2. The lowest BCUT2D eigenvalue weighted by Crippen LogP contribution is -2.37. The van der Waals surface area contributed by atoms with Crippen molar-refractivity contribution in [1.82, 2.24) is 9.80 Å². The van der Waals surface area contributed by atoms with E-state index in [-0.39, 0.29) is 36.6 Å². The fraction of sp³-hybridized carbons (Fsp3) is 0.462. The Morgan fingerprint density at radius 3 is 2.61 bits per heavy atom. The number of nitrogens with zero attached hydrogens (tertiary/aromatic N) is 2. The van der Waals surface area contributed by atoms with Crippen LogP contribution in [0.15, 0.2) is 48.5 Å². The van der Waals surface area contributed by atoms with Gasteiger partial charge in [0.25, 0.3) is 0 Å². The molecule has 2 aromatic rings. The smallest absolute Gasteiger partial charge is 0.223 e. The van der Waals surface area contributed by atoms with E-state index in [9.17, 15) is 14.0 Å². The van der Waals surface area contributed by atoms with Crippen molar-refractivity contribution in [2.45, 2.75) is 44.8 Å². The molecule has 1 aliphatic rings. The normalized spacial score (nSPS) is 15.3. The molecule has 0 saturated carbocycles. The zero-order valence-corrected chi connectivity index (χ0v) is 19.5. The summed E-state index contributed by atoms with van der Waals surface area (Å²) in [5, 5.41) is 0. The van der Waals surface area contributed by atoms with E-state index in [0.29, 0.717) is 37.4 Å². The summed E-state index contributed by atoms with van der Waals surface area (Å²) in [5.74, 6) is 0.319. The molecule has 0 N–H and O–H groups in total. The summed E-state index contributed by atoms with van der Waals surface area (Å²) >= 11 is 0. The van der Waals surface area contributed by atoms with E-state index in [1.165, 1.54) is 11.0 Å². The van der Waals surface area contributed by atoms with Gasteiger partial charge in [-0.3, -0.25) is 9.59 Å². The van der Waals surface area contributed by atoms with Gasteiger partial charge in [0.2, 0.25) is 11.8 Å². The van der Waals surface area contributed by atoms with Gasteiger partial charge in [0.05, 0.1) is 12.7 Å². The minimum atomic E-state index is -0.231. The monoisotopic (exact) mass is 456 g/mol. The highest BCUT2D eigenvalue weighted by Crippen LogP contribution is 2.19. The fourth-order valence-electron chi connectivity index (χ4n) is 3.82. The Hall–Kier alpha value is -2.93. The van der Waals surface area contributed by atoms with Gasteiger partial charge in [-0.2, -0.15) is 0 Å². The lowest BCUT2D eigenvalue weighted by Gasteiger charge is -2.26. The van der Waals surface area contributed by atoms with Gasteiger partial charge in [0, 0.05) is 53.1 Å². The van der Waals surface area contributed by atoms with Crippen molar-refractivity contribution >= 4 is 11.8 Å². The standard InChI is InChI=1S/C26H33FN2O4/c1-28(2)25(30)12-13-26(31)29(19-23-10-6-15-32-23)18-20-7-5-9-22(17-20)33-16-14-21-8-3-4-11-24(21)27/h3-5,7-9,11,17,23H,6,10,12-16,18-19H2,1-2H3. The van der Waals surface area contributed by atoms with E-state index < -0.39 is 0 Å². The molecule has 2 aromatic carbocycles. The van der Waals surface area contributed by atoms with Crippen LogP contribution < -0.4 is 4.74 Å². The Balaban J connectivity index is 1.60. The number of ether oxygens (including phenoxy) is 2. The van der Waals surface area contributed by atoms with Gasteiger partial charge in [-0.1, -0.05) is 30.3 Å². The third-order valence-corrected chi connectivity index (χ3v) is 5.72. The molecule has 1 atom stereocenters. The quantitative estimate of drug-likeness (QED) is 0.516. The number of hydrogen-bond donors (Lipinski definition) is 0. The van der Waals surface area contributed by atoms with Crippen LogP contribution in [0.4, 0.5) is 4.39 Å². The molecule has 178 valence electrons. The highest BCUT2D eigenvalue weighted by molar-refractivity contribution is 5.83. The van der Waals surface area contributed by atoms with Gasteiger partial charge in [0.15, 0.2) is 0 Å². The Labute approximate surface area is 195 Å². The maximum atomic E-state index is 13.8. The van der Waals surface area contributed by atoms with Crippen LogP contribution in [-0.4, -0.2) is 61.6 Å². The molecule has 7 heteroatoms. The van der Waals surface area contributed by atoms with Crippen LogP contribution >= 0.6 is 0 Å². The molecule has 1 unspecified atom stereocenters. The molecular formula is C26H33FN2O4. The van der Waals surface area contributed by atoms with E-state index in [1.54, 1.807) is 31.1 Å². The van der Waals surface area contributed by atoms with Crippen molar-refractivity contribution in [1.29, 1.82) is 0 Å². The SMILES string of the molecule is CN(C)C(=O)CCC(=O)N(Cc1cccc(OCCc2ccccc2F)c1)CC1CCCO1. The first-order valence-corrected chi connectivity index (χ1v) is 11.5. The van der Waals surface area contributed by atoms with Gasteiger partial charge < -0.3 is 19.3 Å². The molecule has 1 fully saturated rings. The molecule has 0 radical (unpaired) electrons. The Morgan fingerprint density at radius 1 is 1.09 bits per heavy atom. The molecule has 6 nitrogen and oxygen atoms in total. The molecule has 1 heterocycles. The Kier molecular flexibility index (Phi) is 9.24. The van der Waals surface area contributed by atoms with Gasteiger partial charge >= 0.3 is 0 Å². The van der Waals surface area contributed by atoms with Crippen molar-refractivity contribution in [2.24, 2.45) is 0 Å². The number of carbonyl (C=O) groups is 2. The summed E-state index contributed by atoms with van der Waals surface area (Å²) in [7, 11) is 3.38. The number of amides is 2. The zero-order valence-electron chi connectivity index (χ0n) is 19.5. The van der Waals surface area contributed by atoms with Gasteiger partial charge in [0.1, 0.15) is 11.6 Å². The highest BCUT2D eigenvalue weighted by Gasteiger charge is 2.23. The molecule has 0 spiro atoms. The largest absolute Gasteiger partial charge is 0.493 e. The van der Waals surface area contributed by atoms with E-state index in [4.69, 9.17) is 9.47 Å². The van der Waals surface area contributed by atoms with E-state index >= 15 is 0 Å². The number of hydrogen-bond acceptors (Lipinski definition) is 4. The predicted octanol–water partition coefficient (Wildman–Crippen LogP) is 3.82. The molecular weight excluding hydrogens is 423 g/mol. The highest BCUT2D eigenvalue weighted by atomic mass is 19.1. The second-order valence-electron chi connectivity index (χ2n) is 8.53. The molecule has 1 saturated heterocycles. The third kappa shape index (κ3) is 7.86. The van der Waals surface area contributed by atoms with Crippen LogP contribution in [0, 0.1) is 5.82 Å². The predicted molar refractivity (Wildman–Crippen MR) is 124 cm³/mol. The molecule has 0 bridgehead atoms. The van der Waals surface area contributed by atoms with E-state index in [2.05, 4.69) is 0 Å². The Bertz CT molecular complexity index is 928. The minimum absolute atomic E-state index is 0.0266. The van der Waals surface area contributed by atoms with Crippen molar-refractivity contribution in [3.8, 4) is 5.75 Å². The van der Waals surface area contributed by atoms with Crippen LogP contribution in [0.1, 0.15) is 36.8 Å². The van der Waals surface area contributed by atoms with Crippen LogP contribution in [0.2, 0.25) is 0 Å². The average Bonchev–Trinajstić information content (AvgIpc) is 3.31. The lowest BCUT2D eigenvalue weighted by atomic mass is 10.1. The maximum absolute atomic E-state index is 13.8. The minimum Gasteiger partial charge on any atom is -0.493 e. The molecule has 1 aliphatic heterocycles. The first-order chi connectivity index (χ1) is 15.9. The summed E-state index contributed by atoms with van der Waals surface area (Å²) in [6.45, 7) is 2.00. The topological polar surface area (TPSA) is 59.1 Å². The molecule has 2 amide bonds. The molecule has 33 heavy (non-hydrogen) atoms. The van der Waals surface area contributed by atoms with Gasteiger partial charge in [-0.25, -0.2) is 4.39 Å². The van der Waals surface area contributed by atoms with Crippen LogP contribution in [0.3, 0.4) is 0 Å². The van der Waals surface area contributed by atoms with Crippen LogP contribution in [0.5, 0.6) is 5.75 Å². The van der Waals surface area contributed by atoms with Crippen molar-refractivity contribution in [3.05, 3.63) is 65.5 Å². The number of benzene rings is 2. The number of rotatable bonds is 11. The second kappa shape index (κ2) is 12.3. The Morgan fingerprint density at radius 2 is 1.88 bits per heavy atom. The maximum Gasteiger partial charge on any atom is 0.223 e. The fourth-order valence-corrected chi connectivity index (χ4v) is 3.82. The molecule has 0 aromatic heterocycles. The first-order valence-electron chi connectivity index (χ1n) is 11.5. The van der Waals surface area contributed by atoms with Gasteiger partial charge in [-0.05, 0) is 42.2 Å². The van der Waals surface area contributed by atoms with Crippen molar-refractivity contribution in [2.75, 3.05) is 33.9 Å². The molecule has 0 aliphatic carbocycles. The zero-order chi connectivity index (χ0) is 23.6. The van der Waals surface area contributed by atoms with Crippen LogP contribution in [0.25, 0.3) is 0 Å². The first kappa shape index (κ1) is 24.7.